The summed E-state index contributed by atoms with van der Waals surface area (Å²) in [5, 5.41) is 15.3. The first-order chi connectivity index (χ1) is 18.0. The Morgan fingerprint density at radius 3 is 2.78 bits per heavy atom. The Hall–Kier alpha value is -3.51. The summed E-state index contributed by atoms with van der Waals surface area (Å²) in [5.74, 6) is -0.417. The van der Waals surface area contributed by atoms with Crippen LogP contribution in [-0.2, 0) is 9.59 Å². The van der Waals surface area contributed by atoms with Crippen LogP contribution in [0.4, 0.5) is 11.5 Å². The molecule has 2 fully saturated rings. The lowest BCUT2D eigenvalue weighted by Gasteiger charge is -2.16. The third kappa shape index (κ3) is 6.83. The predicted octanol–water partition coefficient (Wildman–Crippen LogP) is 1.77. The number of hydrogen-bond donors (Lipinski definition) is 5. The smallest absolute Gasteiger partial charge is 0.275 e. The van der Waals surface area contributed by atoms with Crippen molar-refractivity contribution in [2.24, 2.45) is 5.73 Å². The van der Waals surface area contributed by atoms with E-state index in [1.807, 2.05) is 19.1 Å². The van der Waals surface area contributed by atoms with Gasteiger partial charge in [0.2, 0.25) is 5.91 Å². The maximum atomic E-state index is 13.0. The van der Waals surface area contributed by atoms with Gasteiger partial charge in [-0.3, -0.25) is 19.5 Å². The van der Waals surface area contributed by atoms with Gasteiger partial charge in [-0.05, 0) is 64.0 Å². The highest BCUT2D eigenvalue weighted by Gasteiger charge is 2.38. The number of aromatic amines is 1. The van der Waals surface area contributed by atoms with Crippen molar-refractivity contribution in [1.82, 2.24) is 25.3 Å². The molecule has 0 radical (unpaired) electrons. The van der Waals surface area contributed by atoms with Gasteiger partial charge in [0, 0.05) is 43.1 Å². The van der Waals surface area contributed by atoms with Crippen LogP contribution in [0.25, 0.3) is 0 Å². The Morgan fingerprint density at radius 2 is 2.05 bits per heavy atom. The number of aromatic nitrogens is 2. The fourth-order valence-electron chi connectivity index (χ4n) is 4.36. The zero-order valence-corrected chi connectivity index (χ0v) is 21.8. The second-order valence-corrected chi connectivity index (χ2v) is 10.1. The number of carbonyl (C=O) groups is 3. The summed E-state index contributed by atoms with van der Waals surface area (Å²) >= 11 is 1.25. The lowest BCUT2D eigenvalue weighted by atomic mass is 10.2. The monoisotopic (exact) mass is 526 g/mol. The van der Waals surface area contributed by atoms with Crippen molar-refractivity contribution in [2.75, 3.05) is 49.9 Å². The minimum absolute atomic E-state index is 0.0332. The molecule has 2 aromatic rings. The van der Waals surface area contributed by atoms with Crippen LogP contribution in [0, 0.1) is 0 Å². The van der Waals surface area contributed by atoms with Crippen molar-refractivity contribution in [3.05, 3.63) is 52.8 Å². The van der Waals surface area contributed by atoms with Crippen LogP contribution in [0.5, 0.6) is 0 Å². The van der Waals surface area contributed by atoms with E-state index in [9.17, 15) is 14.4 Å². The highest BCUT2D eigenvalue weighted by atomic mass is 32.2. The van der Waals surface area contributed by atoms with Crippen molar-refractivity contribution in [1.29, 1.82) is 0 Å². The van der Waals surface area contributed by atoms with E-state index >= 15 is 0 Å². The van der Waals surface area contributed by atoms with Gasteiger partial charge in [-0.15, -0.1) is 0 Å². The third-order valence-electron chi connectivity index (χ3n) is 6.33. The number of H-pyrrole nitrogens is 1. The average molecular weight is 527 g/mol. The molecule has 4 rings (SSSR count). The van der Waals surface area contributed by atoms with Crippen molar-refractivity contribution in [3.63, 3.8) is 0 Å². The van der Waals surface area contributed by atoms with Gasteiger partial charge < -0.3 is 31.5 Å². The molecule has 0 bridgehead atoms. The molecular weight excluding hydrogens is 492 g/mol. The number of amides is 3. The molecule has 2 aliphatic heterocycles. The molecule has 0 spiro atoms. The Kier molecular flexibility index (Phi) is 9.07. The predicted molar refractivity (Wildman–Crippen MR) is 145 cm³/mol. The van der Waals surface area contributed by atoms with Gasteiger partial charge in [-0.25, -0.2) is 0 Å². The molecule has 0 saturated carbocycles. The first-order valence-corrected chi connectivity index (χ1v) is 13.5. The highest BCUT2D eigenvalue weighted by Crippen LogP contribution is 2.36. The molecule has 198 valence electrons. The fraction of sp³-hybridized carbons (Fsp3) is 0.440. The van der Waals surface area contributed by atoms with Crippen LogP contribution in [0.2, 0.25) is 0 Å². The molecule has 3 heterocycles. The number of thioether (sulfide) groups is 1. The van der Waals surface area contributed by atoms with E-state index in [-0.39, 0.29) is 17.5 Å². The largest absolute Gasteiger partial charge is 0.392 e. The van der Waals surface area contributed by atoms with Gasteiger partial charge in [0.05, 0.1) is 0 Å². The molecule has 1 aromatic carbocycles. The summed E-state index contributed by atoms with van der Waals surface area (Å²) in [6.07, 6.45) is 5.04. The number of anilines is 2. The molecule has 0 aliphatic carbocycles. The zero-order chi connectivity index (χ0) is 26.2. The molecule has 0 unspecified atom stereocenters. The minimum Gasteiger partial charge on any atom is -0.392 e. The quantitative estimate of drug-likeness (QED) is 0.220. The second kappa shape index (κ2) is 12.6. The van der Waals surface area contributed by atoms with Crippen molar-refractivity contribution < 1.29 is 14.4 Å². The van der Waals surface area contributed by atoms with Crippen molar-refractivity contribution in [2.45, 2.75) is 31.4 Å². The van der Waals surface area contributed by atoms with Crippen molar-refractivity contribution in [3.8, 4) is 0 Å². The standard InChI is InChI=1S/C25H34N8O3S/c1-2-33-24(36)19(37-25(33)21(26)23(35)30-20-9-11-29-31-20)16-28-18-8-5-7-17(15-18)22(34)27-10-6-14-32-12-3-4-13-32/h5,7-9,11,15,19,28H,2-4,6,10,12-14,16,26H2,1H3,(H,27,34)(H2,29,30,31,35)/b25-21+/t19-/m1/s1. The number of nitrogens with one attached hydrogen (secondary N) is 4. The van der Waals surface area contributed by atoms with Gasteiger partial charge in [0.25, 0.3) is 11.8 Å². The second-order valence-electron chi connectivity index (χ2n) is 8.94. The summed E-state index contributed by atoms with van der Waals surface area (Å²) in [5.41, 5.74) is 7.39. The van der Waals surface area contributed by atoms with E-state index in [0.717, 1.165) is 31.7 Å². The van der Waals surface area contributed by atoms with E-state index in [2.05, 4.69) is 31.0 Å². The molecular formula is C25H34N8O3S. The maximum absolute atomic E-state index is 13.0. The number of likely N-dealkylation sites (tertiary alicyclic amines) is 1. The van der Waals surface area contributed by atoms with Crippen LogP contribution in [-0.4, -0.2) is 82.2 Å². The number of carbonyl (C=O) groups excluding carboxylic acids is 3. The Labute approximate surface area is 220 Å². The fourth-order valence-corrected chi connectivity index (χ4v) is 5.59. The summed E-state index contributed by atoms with van der Waals surface area (Å²) in [6.45, 7) is 6.50. The molecule has 6 N–H and O–H groups in total. The molecule has 2 aliphatic rings. The SMILES string of the molecule is CCN1C(=O)[C@@H](CNc2cccc(C(=O)NCCCN3CCCC3)c2)S/C1=C(/N)C(=O)Nc1cc[nH]n1. The first kappa shape index (κ1) is 26.6. The summed E-state index contributed by atoms with van der Waals surface area (Å²) in [6, 6.07) is 8.82. The first-order valence-electron chi connectivity index (χ1n) is 12.6. The van der Waals surface area contributed by atoms with E-state index in [0.29, 0.717) is 36.0 Å². The van der Waals surface area contributed by atoms with Crippen LogP contribution >= 0.6 is 11.8 Å². The van der Waals surface area contributed by atoms with Crippen LogP contribution in [0.1, 0.15) is 36.5 Å². The average Bonchev–Trinajstić information content (AvgIpc) is 3.67. The molecule has 1 aromatic heterocycles. The Balaban J connectivity index is 1.31. The lowest BCUT2D eigenvalue weighted by Crippen LogP contribution is -2.33. The number of nitrogens with two attached hydrogens (primary N) is 1. The van der Waals surface area contributed by atoms with Crippen LogP contribution < -0.4 is 21.7 Å². The van der Waals surface area contributed by atoms with E-state index < -0.39 is 11.2 Å². The zero-order valence-electron chi connectivity index (χ0n) is 21.0. The number of nitrogens with zero attached hydrogens (tertiary/aromatic N) is 3. The number of rotatable bonds is 11. The number of hydrogen-bond acceptors (Lipinski definition) is 8. The Morgan fingerprint density at radius 1 is 1.24 bits per heavy atom. The third-order valence-corrected chi connectivity index (χ3v) is 7.64. The van der Waals surface area contributed by atoms with Gasteiger partial charge >= 0.3 is 0 Å². The number of benzene rings is 1. The van der Waals surface area contributed by atoms with Gasteiger partial charge in [-0.2, -0.15) is 5.10 Å². The minimum atomic E-state index is -0.520. The van der Waals surface area contributed by atoms with Gasteiger partial charge in [0.1, 0.15) is 16.0 Å². The summed E-state index contributed by atoms with van der Waals surface area (Å²) in [4.78, 5) is 42.1. The Bertz CT molecular complexity index is 1130. The van der Waals surface area contributed by atoms with E-state index in [1.165, 1.54) is 29.5 Å². The van der Waals surface area contributed by atoms with Gasteiger partial charge in [0.15, 0.2) is 5.82 Å². The summed E-state index contributed by atoms with van der Waals surface area (Å²) in [7, 11) is 0. The molecule has 2 saturated heterocycles. The van der Waals surface area contributed by atoms with Crippen LogP contribution in [0.3, 0.4) is 0 Å². The molecule has 12 heteroatoms. The summed E-state index contributed by atoms with van der Waals surface area (Å²) < 4.78 is 0. The van der Waals surface area contributed by atoms with E-state index in [1.54, 1.807) is 24.4 Å². The van der Waals surface area contributed by atoms with Gasteiger partial charge in [-0.1, -0.05) is 17.8 Å². The topological polar surface area (TPSA) is 148 Å². The normalized spacial score (nSPS) is 19.2. The van der Waals surface area contributed by atoms with Crippen molar-refractivity contribution >= 4 is 41.0 Å². The highest BCUT2D eigenvalue weighted by molar-refractivity contribution is 8.04. The lowest BCUT2D eigenvalue weighted by molar-refractivity contribution is -0.127. The maximum Gasteiger partial charge on any atom is 0.275 e. The molecule has 11 nitrogen and oxygen atoms in total. The van der Waals surface area contributed by atoms with Crippen LogP contribution in [0.15, 0.2) is 47.3 Å². The molecule has 3 amide bonds. The molecule has 37 heavy (non-hydrogen) atoms. The molecule has 1 atom stereocenters. The van der Waals surface area contributed by atoms with E-state index in [4.69, 9.17) is 5.73 Å².